The molecule has 1 atom stereocenters. The van der Waals surface area contributed by atoms with Gasteiger partial charge < -0.3 is 9.84 Å². The van der Waals surface area contributed by atoms with Crippen LogP contribution in [0.25, 0.3) is 0 Å². The lowest BCUT2D eigenvalue weighted by Crippen LogP contribution is -1.95. The van der Waals surface area contributed by atoms with Crippen LogP contribution in [0.4, 0.5) is 0 Å². The molecule has 0 saturated carbocycles. The second kappa shape index (κ2) is 6.01. The largest absolute Gasteiger partial charge is 0.389 e. The average molecular weight is 213 g/mol. The minimum atomic E-state index is -0.431. The second-order valence-electron chi connectivity index (χ2n) is 2.94. The van der Waals surface area contributed by atoms with Crippen LogP contribution in [0.2, 0.25) is 0 Å². The molecule has 0 saturated heterocycles. The first-order chi connectivity index (χ1) is 6.74. The van der Waals surface area contributed by atoms with E-state index < -0.39 is 6.10 Å². The van der Waals surface area contributed by atoms with Crippen molar-refractivity contribution in [1.29, 1.82) is 0 Å². The van der Waals surface area contributed by atoms with Gasteiger partial charge in [-0.25, -0.2) is 4.98 Å². The fourth-order valence-electron chi connectivity index (χ4n) is 0.993. The number of rotatable bonds is 5. The van der Waals surface area contributed by atoms with E-state index in [1.54, 1.807) is 32.0 Å². The number of hydrogen-bond acceptors (Lipinski definition) is 4. The molecule has 0 fully saturated rings. The number of pyridine rings is 1. The zero-order chi connectivity index (χ0) is 10.4. The summed E-state index contributed by atoms with van der Waals surface area (Å²) in [4.78, 5) is 4.19. The summed E-state index contributed by atoms with van der Waals surface area (Å²) in [6.45, 7) is 2.46. The van der Waals surface area contributed by atoms with Crippen molar-refractivity contribution in [1.82, 2.24) is 4.98 Å². The number of aliphatic hydroxyl groups excluding tert-OH is 1. The Morgan fingerprint density at radius 3 is 3.07 bits per heavy atom. The van der Waals surface area contributed by atoms with Gasteiger partial charge in [-0.2, -0.15) is 0 Å². The van der Waals surface area contributed by atoms with Crippen molar-refractivity contribution in [3.05, 3.63) is 23.9 Å². The molecule has 0 aliphatic heterocycles. The highest BCUT2D eigenvalue weighted by Gasteiger charge is 2.02. The summed E-state index contributed by atoms with van der Waals surface area (Å²) in [5.74, 6) is 0.882. The highest BCUT2D eigenvalue weighted by atomic mass is 32.2. The molecule has 1 N–H and O–H groups in total. The van der Waals surface area contributed by atoms with Crippen LogP contribution in [-0.4, -0.2) is 29.6 Å². The Balaban J connectivity index is 2.55. The maximum absolute atomic E-state index is 9.36. The van der Waals surface area contributed by atoms with Crippen molar-refractivity contribution >= 4 is 11.8 Å². The molecule has 0 amide bonds. The Hall–Kier alpha value is -0.580. The summed E-state index contributed by atoms with van der Waals surface area (Å²) in [5.41, 5.74) is 0.903. The number of aliphatic hydroxyl groups is 1. The van der Waals surface area contributed by atoms with Gasteiger partial charge in [-0.05, 0) is 24.6 Å². The van der Waals surface area contributed by atoms with E-state index in [2.05, 4.69) is 4.98 Å². The molecular weight excluding hydrogens is 198 g/mol. The Morgan fingerprint density at radius 1 is 1.64 bits per heavy atom. The Bertz CT molecular complexity index is 279. The van der Waals surface area contributed by atoms with E-state index >= 15 is 0 Å². The van der Waals surface area contributed by atoms with E-state index in [1.165, 1.54) is 0 Å². The van der Waals surface area contributed by atoms with Crippen LogP contribution in [0.15, 0.2) is 23.4 Å². The zero-order valence-electron chi connectivity index (χ0n) is 8.43. The maximum Gasteiger partial charge on any atom is 0.0964 e. The van der Waals surface area contributed by atoms with E-state index in [0.717, 1.165) is 16.3 Å². The normalized spacial score (nSPS) is 12.8. The molecule has 1 heterocycles. The summed E-state index contributed by atoms with van der Waals surface area (Å²) in [5, 5.41) is 10.3. The molecular formula is C10H15NO2S. The van der Waals surface area contributed by atoms with Crippen LogP contribution in [0.5, 0.6) is 0 Å². The molecule has 1 rings (SSSR count). The van der Waals surface area contributed by atoms with Gasteiger partial charge in [-0.3, -0.25) is 0 Å². The van der Waals surface area contributed by atoms with Crippen LogP contribution >= 0.6 is 11.8 Å². The molecule has 0 unspecified atom stereocenters. The fourth-order valence-corrected chi connectivity index (χ4v) is 1.81. The minimum absolute atomic E-state index is 0.431. The lowest BCUT2D eigenvalue weighted by molar-refractivity contribution is 0.199. The van der Waals surface area contributed by atoms with E-state index in [1.807, 2.05) is 12.1 Å². The van der Waals surface area contributed by atoms with Gasteiger partial charge in [0.15, 0.2) is 0 Å². The third kappa shape index (κ3) is 3.65. The van der Waals surface area contributed by atoms with Crippen molar-refractivity contribution in [3.8, 4) is 0 Å². The zero-order valence-corrected chi connectivity index (χ0v) is 9.25. The van der Waals surface area contributed by atoms with Gasteiger partial charge in [0.25, 0.3) is 0 Å². The van der Waals surface area contributed by atoms with Crippen LogP contribution in [0, 0.1) is 0 Å². The van der Waals surface area contributed by atoms with Crippen LogP contribution in [0.3, 0.4) is 0 Å². The molecule has 14 heavy (non-hydrogen) atoms. The van der Waals surface area contributed by atoms with Gasteiger partial charge in [0.1, 0.15) is 0 Å². The lowest BCUT2D eigenvalue weighted by Gasteiger charge is -2.05. The monoisotopic (exact) mass is 213 g/mol. The molecule has 78 valence electrons. The van der Waals surface area contributed by atoms with E-state index in [0.29, 0.717) is 6.61 Å². The summed E-state index contributed by atoms with van der Waals surface area (Å²) in [7, 11) is 1.68. The first kappa shape index (κ1) is 11.5. The third-order valence-electron chi connectivity index (χ3n) is 1.78. The third-order valence-corrected chi connectivity index (χ3v) is 2.67. The highest BCUT2D eigenvalue weighted by Crippen LogP contribution is 2.19. The quantitative estimate of drug-likeness (QED) is 0.599. The highest BCUT2D eigenvalue weighted by molar-refractivity contribution is 7.99. The second-order valence-corrected chi connectivity index (χ2v) is 4.06. The number of thioether (sulfide) groups is 1. The van der Waals surface area contributed by atoms with Crippen LogP contribution in [-0.2, 0) is 4.74 Å². The molecule has 3 nitrogen and oxygen atoms in total. The van der Waals surface area contributed by atoms with Gasteiger partial charge >= 0.3 is 0 Å². The summed E-state index contributed by atoms with van der Waals surface area (Å²) < 4.78 is 4.94. The molecule has 4 heteroatoms. The fraction of sp³-hybridized carbons (Fsp3) is 0.500. The smallest absolute Gasteiger partial charge is 0.0964 e. The first-order valence-corrected chi connectivity index (χ1v) is 5.48. The molecule has 0 aliphatic carbocycles. The van der Waals surface area contributed by atoms with Crippen molar-refractivity contribution < 1.29 is 9.84 Å². The molecule has 1 aromatic heterocycles. The van der Waals surface area contributed by atoms with Crippen molar-refractivity contribution in [2.75, 3.05) is 19.5 Å². The Morgan fingerprint density at radius 2 is 2.43 bits per heavy atom. The van der Waals surface area contributed by atoms with Gasteiger partial charge in [0.2, 0.25) is 0 Å². The number of ether oxygens (including phenoxy) is 1. The van der Waals surface area contributed by atoms with Gasteiger partial charge in [-0.1, -0.05) is 0 Å². The number of hydrogen-bond donors (Lipinski definition) is 1. The van der Waals surface area contributed by atoms with E-state index in [4.69, 9.17) is 4.74 Å². The van der Waals surface area contributed by atoms with Crippen LogP contribution in [0.1, 0.15) is 18.6 Å². The predicted molar refractivity (Wildman–Crippen MR) is 57.5 cm³/mol. The topological polar surface area (TPSA) is 42.4 Å². The van der Waals surface area contributed by atoms with Gasteiger partial charge in [0, 0.05) is 19.1 Å². The molecule has 0 bridgehead atoms. The molecule has 0 spiro atoms. The van der Waals surface area contributed by atoms with E-state index in [-0.39, 0.29) is 0 Å². The minimum Gasteiger partial charge on any atom is -0.389 e. The van der Waals surface area contributed by atoms with Crippen molar-refractivity contribution in [2.45, 2.75) is 18.1 Å². The number of aromatic nitrogens is 1. The summed E-state index contributed by atoms with van der Waals surface area (Å²) in [6.07, 6.45) is 1.29. The van der Waals surface area contributed by atoms with Gasteiger partial charge in [-0.15, -0.1) is 11.8 Å². The van der Waals surface area contributed by atoms with Crippen molar-refractivity contribution in [3.63, 3.8) is 0 Å². The molecule has 0 aromatic carbocycles. The van der Waals surface area contributed by atoms with Crippen molar-refractivity contribution in [2.24, 2.45) is 0 Å². The predicted octanol–water partition coefficient (Wildman–Crippen LogP) is 1.87. The van der Waals surface area contributed by atoms with Gasteiger partial charge in [0.05, 0.1) is 17.7 Å². The van der Waals surface area contributed by atoms with E-state index in [9.17, 15) is 5.11 Å². The first-order valence-electron chi connectivity index (χ1n) is 4.50. The summed E-state index contributed by atoms with van der Waals surface area (Å²) >= 11 is 1.63. The maximum atomic E-state index is 9.36. The average Bonchev–Trinajstić information content (AvgIpc) is 2.19. The Kier molecular flexibility index (Phi) is 4.93. The lowest BCUT2D eigenvalue weighted by atomic mass is 10.2. The molecule has 0 aliphatic rings. The number of nitrogens with zero attached hydrogens (tertiary/aromatic N) is 1. The van der Waals surface area contributed by atoms with Crippen LogP contribution < -0.4 is 0 Å². The number of methoxy groups -OCH3 is 1. The molecule has 1 aromatic rings. The standard InChI is InChI=1S/C10H15NO2S/c1-8(12)9-3-4-11-10(7-9)14-6-5-13-2/h3-4,7-8,12H,5-6H2,1-2H3/t8-/m1/s1. The summed E-state index contributed by atoms with van der Waals surface area (Å²) in [6, 6.07) is 3.73. The molecule has 0 radical (unpaired) electrons. The Labute approximate surface area is 88.5 Å². The SMILES string of the molecule is COCCSc1cc([C@@H](C)O)ccn1.